The van der Waals surface area contributed by atoms with Crippen molar-refractivity contribution >= 4 is 5.69 Å². The first-order valence-electron chi connectivity index (χ1n) is 5.90. The molecule has 0 unspecified atom stereocenters. The Morgan fingerprint density at radius 3 is 2.72 bits per heavy atom. The van der Waals surface area contributed by atoms with Crippen molar-refractivity contribution in [2.24, 2.45) is 0 Å². The fourth-order valence-electron chi connectivity index (χ4n) is 1.79. The number of pyridine rings is 1. The highest BCUT2D eigenvalue weighted by Gasteiger charge is 2.02. The van der Waals surface area contributed by atoms with E-state index >= 15 is 0 Å². The van der Waals surface area contributed by atoms with E-state index in [2.05, 4.69) is 16.0 Å². The van der Waals surface area contributed by atoms with Crippen LogP contribution in [0.4, 0.5) is 5.69 Å². The van der Waals surface area contributed by atoms with E-state index in [1.807, 2.05) is 55.8 Å². The van der Waals surface area contributed by atoms with Crippen LogP contribution in [0.25, 0.3) is 0 Å². The molecule has 1 aromatic carbocycles. The van der Waals surface area contributed by atoms with Crippen LogP contribution >= 0.6 is 0 Å². The number of hydrogen-bond donors (Lipinski definition) is 0. The molecule has 0 aliphatic heterocycles. The van der Waals surface area contributed by atoms with Gasteiger partial charge in [-0.25, -0.2) is 0 Å². The quantitative estimate of drug-likeness (QED) is 0.820. The summed E-state index contributed by atoms with van der Waals surface area (Å²) >= 11 is 0. The molecule has 0 aliphatic rings. The van der Waals surface area contributed by atoms with Gasteiger partial charge in [-0.2, -0.15) is 5.26 Å². The van der Waals surface area contributed by atoms with Crippen molar-refractivity contribution in [3.8, 4) is 6.07 Å². The summed E-state index contributed by atoms with van der Waals surface area (Å²) in [5, 5.41) is 8.88. The van der Waals surface area contributed by atoms with E-state index in [1.165, 1.54) is 5.56 Å². The van der Waals surface area contributed by atoms with E-state index in [-0.39, 0.29) is 0 Å². The molecule has 0 amide bonds. The average molecular weight is 237 g/mol. The lowest BCUT2D eigenvalue weighted by molar-refractivity contribution is 0.875. The third-order valence-corrected chi connectivity index (χ3v) is 2.90. The number of likely N-dealkylation sites (N-methyl/N-ethyl adjacent to an activating group) is 1. The van der Waals surface area contributed by atoms with Crippen LogP contribution < -0.4 is 4.90 Å². The number of hydrogen-bond acceptors (Lipinski definition) is 3. The molecule has 0 saturated heterocycles. The number of nitriles is 1. The highest BCUT2D eigenvalue weighted by atomic mass is 15.1. The second kappa shape index (κ2) is 5.83. The zero-order valence-corrected chi connectivity index (χ0v) is 10.4. The predicted octanol–water partition coefficient (Wildman–Crippen LogP) is 2.63. The maximum Gasteiger partial charge on any atom is 0.0992 e. The molecular weight excluding hydrogens is 222 g/mol. The molecular formula is C15H15N3. The van der Waals surface area contributed by atoms with Crippen LogP contribution in [-0.4, -0.2) is 18.6 Å². The molecule has 0 spiro atoms. The maximum atomic E-state index is 8.88. The van der Waals surface area contributed by atoms with Crippen LogP contribution in [0.3, 0.4) is 0 Å². The average Bonchev–Trinajstić information content (AvgIpc) is 2.46. The number of benzene rings is 1. The zero-order chi connectivity index (χ0) is 12.8. The molecule has 3 heteroatoms. The first kappa shape index (κ1) is 12.1. The minimum Gasteiger partial charge on any atom is -0.374 e. The maximum absolute atomic E-state index is 8.88. The molecule has 1 aromatic heterocycles. The summed E-state index contributed by atoms with van der Waals surface area (Å²) in [5.74, 6) is 0. The third-order valence-electron chi connectivity index (χ3n) is 2.90. The molecule has 0 saturated carbocycles. The number of anilines is 1. The van der Waals surface area contributed by atoms with Gasteiger partial charge in [0.05, 0.1) is 11.6 Å². The first-order valence-corrected chi connectivity index (χ1v) is 5.90. The minimum absolute atomic E-state index is 0.697. The molecule has 1 heterocycles. The van der Waals surface area contributed by atoms with Crippen molar-refractivity contribution in [3.05, 3.63) is 59.9 Å². The fourth-order valence-corrected chi connectivity index (χ4v) is 1.79. The van der Waals surface area contributed by atoms with Gasteiger partial charge >= 0.3 is 0 Å². The van der Waals surface area contributed by atoms with Crippen molar-refractivity contribution in [3.63, 3.8) is 0 Å². The van der Waals surface area contributed by atoms with E-state index in [0.717, 1.165) is 18.7 Å². The standard InChI is InChI=1S/C15H15N3/c1-18(10-7-13-5-8-17-9-6-13)15-4-2-3-14(11-15)12-16/h2-6,8-9,11H,7,10H2,1H3. The summed E-state index contributed by atoms with van der Waals surface area (Å²) in [6.45, 7) is 0.916. The number of aromatic nitrogens is 1. The summed E-state index contributed by atoms with van der Waals surface area (Å²) in [5.41, 5.74) is 3.04. The monoisotopic (exact) mass is 237 g/mol. The fraction of sp³-hybridized carbons (Fsp3) is 0.200. The molecule has 0 radical (unpaired) electrons. The van der Waals surface area contributed by atoms with Crippen LogP contribution in [0.2, 0.25) is 0 Å². The molecule has 2 aromatic rings. The van der Waals surface area contributed by atoms with Crippen LogP contribution in [0, 0.1) is 11.3 Å². The van der Waals surface area contributed by atoms with E-state index in [9.17, 15) is 0 Å². The molecule has 0 aliphatic carbocycles. The van der Waals surface area contributed by atoms with E-state index in [0.29, 0.717) is 5.56 Å². The van der Waals surface area contributed by atoms with Gasteiger partial charge in [0, 0.05) is 31.7 Å². The lowest BCUT2D eigenvalue weighted by Gasteiger charge is -2.19. The van der Waals surface area contributed by atoms with Crippen molar-refractivity contribution in [1.29, 1.82) is 5.26 Å². The summed E-state index contributed by atoms with van der Waals surface area (Å²) in [7, 11) is 2.04. The van der Waals surface area contributed by atoms with Crippen molar-refractivity contribution in [2.75, 3.05) is 18.5 Å². The minimum atomic E-state index is 0.697. The summed E-state index contributed by atoms with van der Waals surface area (Å²) in [6.07, 6.45) is 4.59. The lowest BCUT2D eigenvalue weighted by atomic mass is 10.1. The molecule has 0 atom stereocenters. The smallest absolute Gasteiger partial charge is 0.0992 e. The second-order valence-electron chi connectivity index (χ2n) is 4.19. The Balaban J connectivity index is 1.99. The van der Waals surface area contributed by atoms with Gasteiger partial charge in [-0.15, -0.1) is 0 Å². The third kappa shape index (κ3) is 3.08. The number of rotatable bonds is 4. The summed E-state index contributed by atoms with van der Waals surface area (Å²) in [6, 6.07) is 13.9. The van der Waals surface area contributed by atoms with Gasteiger partial charge in [-0.05, 0) is 42.3 Å². The van der Waals surface area contributed by atoms with Crippen molar-refractivity contribution in [2.45, 2.75) is 6.42 Å². The Morgan fingerprint density at radius 1 is 1.22 bits per heavy atom. The molecule has 18 heavy (non-hydrogen) atoms. The van der Waals surface area contributed by atoms with E-state index < -0.39 is 0 Å². The second-order valence-corrected chi connectivity index (χ2v) is 4.19. The Morgan fingerprint density at radius 2 is 2.00 bits per heavy atom. The van der Waals surface area contributed by atoms with Gasteiger partial charge in [-0.3, -0.25) is 4.98 Å². The van der Waals surface area contributed by atoms with Gasteiger partial charge in [0.25, 0.3) is 0 Å². The Kier molecular flexibility index (Phi) is 3.93. The molecule has 90 valence electrons. The lowest BCUT2D eigenvalue weighted by Crippen LogP contribution is -2.20. The van der Waals surface area contributed by atoms with Crippen LogP contribution in [0.15, 0.2) is 48.8 Å². The first-order chi connectivity index (χ1) is 8.79. The Labute approximate surface area is 107 Å². The predicted molar refractivity (Wildman–Crippen MR) is 72.4 cm³/mol. The highest BCUT2D eigenvalue weighted by molar-refractivity contribution is 5.50. The summed E-state index contributed by atoms with van der Waals surface area (Å²) < 4.78 is 0. The molecule has 0 bridgehead atoms. The van der Waals surface area contributed by atoms with E-state index in [1.54, 1.807) is 0 Å². The van der Waals surface area contributed by atoms with Crippen molar-refractivity contribution < 1.29 is 0 Å². The van der Waals surface area contributed by atoms with E-state index in [4.69, 9.17) is 5.26 Å². The zero-order valence-electron chi connectivity index (χ0n) is 10.4. The summed E-state index contributed by atoms with van der Waals surface area (Å²) in [4.78, 5) is 6.16. The Bertz CT molecular complexity index is 543. The normalized spacial score (nSPS) is 9.78. The van der Waals surface area contributed by atoms with Crippen LogP contribution in [0.1, 0.15) is 11.1 Å². The van der Waals surface area contributed by atoms with Crippen LogP contribution in [-0.2, 0) is 6.42 Å². The topological polar surface area (TPSA) is 39.9 Å². The SMILES string of the molecule is CN(CCc1ccncc1)c1cccc(C#N)c1. The van der Waals surface area contributed by atoms with Gasteiger partial charge in [-0.1, -0.05) is 6.07 Å². The van der Waals surface area contributed by atoms with Crippen molar-refractivity contribution in [1.82, 2.24) is 4.98 Å². The van der Waals surface area contributed by atoms with Gasteiger partial charge in [0.2, 0.25) is 0 Å². The van der Waals surface area contributed by atoms with Gasteiger partial charge < -0.3 is 4.90 Å². The Hall–Kier alpha value is -2.34. The van der Waals surface area contributed by atoms with Gasteiger partial charge in [0.1, 0.15) is 0 Å². The van der Waals surface area contributed by atoms with Crippen LogP contribution in [0.5, 0.6) is 0 Å². The molecule has 2 rings (SSSR count). The van der Waals surface area contributed by atoms with Gasteiger partial charge in [0.15, 0.2) is 0 Å². The highest BCUT2D eigenvalue weighted by Crippen LogP contribution is 2.14. The number of nitrogens with zero attached hydrogens (tertiary/aromatic N) is 3. The molecule has 0 fully saturated rings. The molecule has 0 N–H and O–H groups in total. The molecule has 3 nitrogen and oxygen atoms in total. The largest absolute Gasteiger partial charge is 0.374 e.